The molecule has 0 unspecified atom stereocenters. The fraction of sp³-hybridized carbons (Fsp3) is 0.261. The molecule has 5 nitrogen and oxygen atoms in total. The highest BCUT2D eigenvalue weighted by Crippen LogP contribution is 2.24. The average Bonchev–Trinajstić information content (AvgIpc) is 2.65. The molecule has 0 saturated carbocycles. The van der Waals surface area contributed by atoms with Gasteiger partial charge in [-0.3, -0.25) is 4.79 Å². The topological polar surface area (TPSA) is 58.1 Å². The number of aromatic nitrogens is 2. The van der Waals surface area contributed by atoms with Crippen molar-refractivity contribution in [3.63, 3.8) is 0 Å². The Morgan fingerprint density at radius 1 is 0.964 bits per heavy atom. The van der Waals surface area contributed by atoms with Gasteiger partial charge in [-0.05, 0) is 69.5 Å². The van der Waals surface area contributed by atoms with Crippen molar-refractivity contribution in [2.24, 2.45) is 0 Å². The number of nitrogens with zero attached hydrogens (tertiary/aromatic N) is 3. The third kappa shape index (κ3) is 4.19. The predicted octanol–water partition coefficient (Wildman–Crippen LogP) is 5.12. The molecule has 0 spiro atoms. The number of hydrogen-bond acceptors (Lipinski definition) is 4. The van der Waals surface area contributed by atoms with Gasteiger partial charge in [0.1, 0.15) is 5.69 Å². The fourth-order valence-corrected chi connectivity index (χ4v) is 3.21. The molecule has 28 heavy (non-hydrogen) atoms. The van der Waals surface area contributed by atoms with Gasteiger partial charge in [-0.2, -0.15) is 0 Å². The third-order valence-corrected chi connectivity index (χ3v) is 4.67. The van der Waals surface area contributed by atoms with Gasteiger partial charge in [-0.1, -0.05) is 30.3 Å². The highest BCUT2D eigenvalue weighted by molar-refractivity contribution is 6.04. The zero-order valence-corrected chi connectivity index (χ0v) is 17.1. The lowest BCUT2D eigenvalue weighted by atomic mass is 10.1. The summed E-state index contributed by atoms with van der Waals surface area (Å²) in [5, 5.41) is 3.01. The molecule has 2 aromatic carbocycles. The smallest absolute Gasteiger partial charge is 0.274 e. The van der Waals surface area contributed by atoms with E-state index in [1.54, 1.807) is 6.07 Å². The van der Waals surface area contributed by atoms with E-state index in [9.17, 15) is 4.79 Å². The number of carbonyl (C=O) groups is 1. The molecule has 0 aliphatic heterocycles. The summed E-state index contributed by atoms with van der Waals surface area (Å²) in [7, 11) is 0. The summed E-state index contributed by atoms with van der Waals surface area (Å²) >= 11 is 0. The van der Waals surface area contributed by atoms with Crippen LogP contribution in [0.25, 0.3) is 0 Å². The van der Waals surface area contributed by atoms with E-state index in [2.05, 4.69) is 34.3 Å². The second kappa shape index (κ2) is 8.21. The number of benzene rings is 2. The van der Waals surface area contributed by atoms with E-state index in [-0.39, 0.29) is 5.91 Å². The van der Waals surface area contributed by atoms with Crippen molar-refractivity contribution in [2.75, 3.05) is 16.8 Å². The molecule has 144 valence electrons. The summed E-state index contributed by atoms with van der Waals surface area (Å²) in [6.45, 7) is 10.6. The summed E-state index contributed by atoms with van der Waals surface area (Å²) < 4.78 is 0. The summed E-state index contributed by atoms with van der Waals surface area (Å²) in [5.41, 5.74) is 6.16. The summed E-state index contributed by atoms with van der Waals surface area (Å²) in [4.78, 5) is 24.1. The first-order valence-corrected chi connectivity index (χ1v) is 9.46. The van der Waals surface area contributed by atoms with E-state index < -0.39 is 0 Å². The van der Waals surface area contributed by atoms with Gasteiger partial charge in [0.2, 0.25) is 5.95 Å². The zero-order valence-electron chi connectivity index (χ0n) is 17.1. The van der Waals surface area contributed by atoms with Crippen LogP contribution in [-0.4, -0.2) is 22.4 Å². The highest BCUT2D eigenvalue weighted by atomic mass is 16.1. The zero-order chi connectivity index (χ0) is 20.3. The molecule has 1 heterocycles. The Balaban J connectivity index is 1.95. The van der Waals surface area contributed by atoms with Crippen LogP contribution in [0.2, 0.25) is 0 Å². The number of aryl methyl sites for hydroxylation is 4. The van der Waals surface area contributed by atoms with Crippen molar-refractivity contribution in [3.8, 4) is 0 Å². The largest absolute Gasteiger partial charge is 0.320 e. The molecule has 0 bridgehead atoms. The van der Waals surface area contributed by atoms with Gasteiger partial charge >= 0.3 is 0 Å². The fourth-order valence-electron chi connectivity index (χ4n) is 3.21. The van der Waals surface area contributed by atoms with Crippen LogP contribution in [-0.2, 0) is 0 Å². The van der Waals surface area contributed by atoms with Gasteiger partial charge < -0.3 is 10.2 Å². The molecule has 0 aliphatic carbocycles. The Bertz CT molecular complexity index is 993. The maximum Gasteiger partial charge on any atom is 0.274 e. The number of carbonyl (C=O) groups excluding carboxylic acids is 1. The lowest BCUT2D eigenvalue weighted by molar-refractivity contribution is 0.102. The molecular weight excluding hydrogens is 348 g/mol. The number of anilines is 3. The number of rotatable bonds is 5. The van der Waals surface area contributed by atoms with Crippen molar-refractivity contribution in [1.82, 2.24) is 9.97 Å². The van der Waals surface area contributed by atoms with E-state index in [1.165, 1.54) is 0 Å². The normalized spacial score (nSPS) is 10.6. The van der Waals surface area contributed by atoms with Crippen molar-refractivity contribution in [3.05, 3.63) is 76.6 Å². The summed E-state index contributed by atoms with van der Waals surface area (Å²) in [5.74, 6) is 0.296. The van der Waals surface area contributed by atoms with Gasteiger partial charge in [0.25, 0.3) is 5.91 Å². The molecule has 0 atom stereocenters. The monoisotopic (exact) mass is 374 g/mol. The summed E-state index contributed by atoms with van der Waals surface area (Å²) in [6, 6.07) is 15.8. The van der Waals surface area contributed by atoms with Gasteiger partial charge in [0, 0.05) is 23.6 Å². The van der Waals surface area contributed by atoms with Crippen LogP contribution >= 0.6 is 0 Å². The minimum atomic E-state index is -0.232. The van der Waals surface area contributed by atoms with Crippen LogP contribution in [0.5, 0.6) is 0 Å². The minimum absolute atomic E-state index is 0.232. The molecule has 3 aromatic rings. The van der Waals surface area contributed by atoms with Gasteiger partial charge in [-0.15, -0.1) is 0 Å². The van der Waals surface area contributed by atoms with Gasteiger partial charge in [0.05, 0.1) is 0 Å². The molecule has 1 N–H and O–H groups in total. The molecule has 3 rings (SSSR count). The average molecular weight is 374 g/mol. The lowest BCUT2D eigenvalue weighted by Gasteiger charge is -2.22. The van der Waals surface area contributed by atoms with E-state index in [0.717, 1.165) is 33.8 Å². The SMILES string of the molecule is CCN(c1cccc(C)c1)c1nc(C)cc(C(=O)Nc2c(C)cccc2C)n1. The number of nitrogens with one attached hydrogen (secondary N) is 1. The Hall–Kier alpha value is -3.21. The van der Waals surface area contributed by atoms with E-state index >= 15 is 0 Å². The first-order chi connectivity index (χ1) is 13.4. The maximum atomic E-state index is 12.9. The van der Waals surface area contributed by atoms with Crippen LogP contribution in [0.4, 0.5) is 17.3 Å². The standard InChI is InChI=1S/C23H26N4O/c1-6-27(19-12-7-9-15(2)13-19)23-24-18(5)14-20(25-23)22(28)26-21-16(3)10-8-11-17(21)4/h7-14H,6H2,1-5H3,(H,26,28). The number of amides is 1. The van der Waals surface area contributed by atoms with Crippen LogP contribution in [0.1, 0.15) is 39.8 Å². The molecule has 5 heteroatoms. The van der Waals surface area contributed by atoms with Gasteiger partial charge in [-0.25, -0.2) is 9.97 Å². The second-order valence-electron chi connectivity index (χ2n) is 7.00. The van der Waals surface area contributed by atoms with Crippen molar-refractivity contribution in [1.29, 1.82) is 0 Å². The molecule has 0 radical (unpaired) electrons. The van der Waals surface area contributed by atoms with Crippen LogP contribution in [0.15, 0.2) is 48.5 Å². The minimum Gasteiger partial charge on any atom is -0.320 e. The van der Waals surface area contributed by atoms with Crippen molar-refractivity contribution in [2.45, 2.75) is 34.6 Å². The van der Waals surface area contributed by atoms with E-state index in [0.29, 0.717) is 18.2 Å². The first-order valence-electron chi connectivity index (χ1n) is 9.46. The number of para-hydroxylation sites is 1. The van der Waals surface area contributed by atoms with Gasteiger partial charge in [0.15, 0.2) is 0 Å². The Labute approximate surface area is 166 Å². The quantitative estimate of drug-likeness (QED) is 0.673. The van der Waals surface area contributed by atoms with Crippen molar-refractivity contribution >= 4 is 23.2 Å². The Kier molecular flexibility index (Phi) is 5.73. The first kappa shape index (κ1) is 19.5. The molecule has 0 fully saturated rings. The number of hydrogen-bond donors (Lipinski definition) is 1. The highest BCUT2D eigenvalue weighted by Gasteiger charge is 2.17. The molecule has 0 saturated heterocycles. The van der Waals surface area contributed by atoms with Crippen LogP contribution in [0.3, 0.4) is 0 Å². The van der Waals surface area contributed by atoms with Crippen molar-refractivity contribution < 1.29 is 4.79 Å². The Morgan fingerprint density at radius 2 is 1.64 bits per heavy atom. The third-order valence-electron chi connectivity index (χ3n) is 4.67. The maximum absolute atomic E-state index is 12.9. The van der Waals surface area contributed by atoms with Crippen LogP contribution in [0, 0.1) is 27.7 Å². The summed E-state index contributed by atoms with van der Waals surface area (Å²) in [6.07, 6.45) is 0. The molecule has 0 aliphatic rings. The van der Waals surface area contributed by atoms with E-state index in [1.807, 2.05) is 62.9 Å². The predicted molar refractivity (Wildman–Crippen MR) is 114 cm³/mol. The second-order valence-corrected chi connectivity index (χ2v) is 7.00. The molecule has 1 amide bonds. The molecule has 1 aromatic heterocycles. The lowest BCUT2D eigenvalue weighted by Crippen LogP contribution is -2.22. The van der Waals surface area contributed by atoms with E-state index in [4.69, 9.17) is 0 Å². The van der Waals surface area contributed by atoms with Crippen LogP contribution < -0.4 is 10.2 Å². The Morgan fingerprint density at radius 3 is 2.29 bits per heavy atom. The molecular formula is C23H26N4O.